The first-order valence-corrected chi connectivity index (χ1v) is 7.94. The predicted molar refractivity (Wildman–Crippen MR) is 86.3 cm³/mol. The van der Waals surface area contributed by atoms with Crippen LogP contribution in [0.3, 0.4) is 0 Å². The molecule has 0 radical (unpaired) electrons. The number of benzene rings is 1. The quantitative estimate of drug-likeness (QED) is 0.638. The van der Waals surface area contributed by atoms with Gasteiger partial charge < -0.3 is 5.32 Å². The molecule has 0 unspecified atom stereocenters. The second-order valence-electron chi connectivity index (χ2n) is 4.78. The van der Waals surface area contributed by atoms with E-state index in [1.54, 1.807) is 11.8 Å². The minimum atomic E-state index is 0.818. The summed E-state index contributed by atoms with van der Waals surface area (Å²) in [6.45, 7) is 7.18. The maximum Gasteiger partial charge on any atom is 0.130 e. The summed E-state index contributed by atoms with van der Waals surface area (Å²) in [7, 11) is 0. The summed E-state index contributed by atoms with van der Waals surface area (Å²) in [5, 5.41) is 4.35. The van der Waals surface area contributed by atoms with E-state index >= 15 is 0 Å². The minimum absolute atomic E-state index is 0.818. The van der Waals surface area contributed by atoms with Crippen LogP contribution in [-0.4, -0.2) is 16.5 Å². The van der Waals surface area contributed by atoms with Crippen molar-refractivity contribution in [3.05, 3.63) is 47.3 Å². The standard InChI is InChI=1S/C16H21N3S/c1-4-9-17-15-10-16(19-13(3)18-15)20-11-14-8-6-5-7-12(14)2/h5-8,10H,4,9,11H2,1-3H3,(H,17,18,19). The first kappa shape index (κ1) is 14.9. The van der Waals surface area contributed by atoms with Crippen molar-refractivity contribution in [3.63, 3.8) is 0 Å². The van der Waals surface area contributed by atoms with Crippen molar-refractivity contribution in [1.29, 1.82) is 0 Å². The van der Waals surface area contributed by atoms with Gasteiger partial charge in [0, 0.05) is 18.4 Å². The molecule has 0 amide bonds. The fourth-order valence-corrected chi connectivity index (χ4v) is 2.90. The van der Waals surface area contributed by atoms with E-state index < -0.39 is 0 Å². The number of rotatable bonds is 6. The van der Waals surface area contributed by atoms with Gasteiger partial charge in [-0.2, -0.15) is 0 Å². The summed E-state index contributed by atoms with van der Waals surface area (Å²) >= 11 is 1.76. The Morgan fingerprint density at radius 3 is 2.70 bits per heavy atom. The van der Waals surface area contributed by atoms with Gasteiger partial charge in [0.25, 0.3) is 0 Å². The molecule has 0 fully saturated rings. The van der Waals surface area contributed by atoms with E-state index in [1.807, 2.05) is 13.0 Å². The Hall–Kier alpha value is -1.55. The summed E-state index contributed by atoms with van der Waals surface area (Å²) < 4.78 is 0. The van der Waals surface area contributed by atoms with E-state index in [2.05, 4.69) is 53.4 Å². The van der Waals surface area contributed by atoms with Crippen molar-refractivity contribution in [3.8, 4) is 0 Å². The van der Waals surface area contributed by atoms with Crippen LogP contribution in [0.5, 0.6) is 0 Å². The lowest BCUT2D eigenvalue weighted by Gasteiger charge is -2.08. The summed E-state index contributed by atoms with van der Waals surface area (Å²) in [5.41, 5.74) is 2.69. The van der Waals surface area contributed by atoms with Gasteiger partial charge in [0.2, 0.25) is 0 Å². The molecule has 1 aromatic heterocycles. The Labute approximate surface area is 125 Å². The minimum Gasteiger partial charge on any atom is -0.370 e. The van der Waals surface area contributed by atoms with Crippen molar-refractivity contribution < 1.29 is 0 Å². The molecule has 1 heterocycles. The number of hydrogen-bond acceptors (Lipinski definition) is 4. The molecule has 4 heteroatoms. The molecule has 1 N–H and O–H groups in total. The van der Waals surface area contributed by atoms with Gasteiger partial charge >= 0.3 is 0 Å². The lowest BCUT2D eigenvalue weighted by molar-refractivity contribution is 0.928. The van der Waals surface area contributed by atoms with Crippen LogP contribution in [0.1, 0.15) is 30.3 Å². The molecule has 2 aromatic rings. The van der Waals surface area contributed by atoms with E-state index in [0.717, 1.165) is 35.4 Å². The number of anilines is 1. The summed E-state index contributed by atoms with van der Waals surface area (Å²) in [5.74, 6) is 2.68. The maximum atomic E-state index is 4.50. The summed E-state index contributed by atoms with van der Waals surface area (Å²) in [4.78, 5) is 8.91. The number of aromatic nitrogens is 2. The van der Waals surface area contributed by atoms with Crippen molar-refractivity contribution in [2.75, 3.05) is 11.9 Å². The molecular formula is C16H21N3S. The van der Waals surface area contributed by atoms with E-state index in [4.69, 9.17) is 0 Å². The highest BCUT2D eigenvalue weighted by molar-refractivity contribution is 7.98. The van der Waals surface area contributed by atoms with Crippen LogP contribution in [0.15, 0.2) is 35.4 Å². The monoisotopic (exact) mass is 287 g/mol. The second-order valence-corrected chi connectivity index (χ2v) is 5.78. The third kappa shape index (κ3) is 4.23. The fourth-order valence-electron chi connectivity index (χ4n) is 1.88. The van der Waals surface area contributed by atoms with Crippen LogP contribution in [0.4, 0.5) is 5.82 Å². The van der Waals surface area contributed by atoms with E-state index in [1.165, 1.54) is 11.1 Å². The highest BCUT2D eigenvalue weighted by Crippen LogP contribution is 2.24. The Morgan fingerprint density at radius 1 is 1.15 bits per heavy atom. The topological polar surface area (TPSA) is 37.8 Å². The average Bonchev–Trinajstić information content (AvgIpc) is 2.44. The molecule has 0 saturated carbocycles. The molecule has 106 valence electrons. The Kier molecular flexibility index (Phi) is 5.41. The van der Waals surface area contributed by atoms with Crippen molar-refractivity contribution >= 4 is 17.6 Å². The maximum absolute atomic E-state index is 4.50. The molecule has 0 saturated heterocycles. The lowest BCUT2D eigenvalue weighted by Crippen LogP contribution is -2.04. The van der Waals surface area contributed by atoms with Crippen LogP contribution in [0, 0.1) is 13.8 Å². The number of nitrogens with one attached hydrogen (secondary N) is 1. The third-order valence-electron chi connectivity index (χ3n) is 3.01. The van der Waals surface area contributed by atoms with Gasteiger partial charge in [-0.05, 0) is 31.4 Å². The largest absolute Gasteiger partial charge is 0.370 e. The van der Waals surface area contributed by atoms with E-state index in [-0.39, 0.29) is 0 Å². The molecular weight excluding hydrogens is 266 g/mol. The van der Waals surface area contributed by atoms with Crippen LogP contribution >= 0.6 is 11.8 Å². The molecule has 20 heavy (non-hydrogen) atoms. The number of hydrogen-bond donors (Lipinski definition) is 1. The number of nitrogens with zero attached hydrogens (tertiary/aromatic N) is 2. The van der Waals surface area contributed by atoms with Crippen molar-refractivity contribution in [2.24, 2.45) is 0 Å². The fraction of sp³-hybridized carbons (Fsp3) is 0.375. The summed E-state index contributed by atoms with van der Waals surface area (Å²) in [6, 6.07) is 10.5. The molecule has 0 atom stereocenters. The molecule has 1 aromatic carbocycles. The molecule has 0 aliphatic rings. The SMILES string of the molecule is CCCNc1cc(SCc2ccccc2C)nc(C)n1. The zero-order valence-electron chi connectivity index (χ0n) is 12.3. The van der Waals surface area contributed by atoms with Gasteiger partial charge in [-0.25, -0.2) is 9.97 Å². The predicted octanol–water partition coefficient (Wildman–Crippen LogP) is 4.21. The van der Waals surface area contributed by atoms with Gasteiger partial charge in [-0.15, -0.1) is 11.8 Å². The molecule has 0 bridgehead atoms. The molecule has 3 nitrogen and oxygen atoms in total. The van der Waals surface area contributed by atoms with Gasteiger partial charge in [-0.1, -0.05) is 31.2 Å². The van der Waals surface area contributed by atoms with Crippen molar-refractivity contribution in [1.82, 2.24) is 9.97 Å². The van der Waals surface area contributed by atoms with Gasteiger partial charge in [0.15, 0.2) is 0 Å². The van der Waals surface area contributed by atoms with Gasteiger partial charge in [0.1, 0.15) is 16.7 Å². The first-order valence-electron chi connectivity index (χ1n) is 6.96. The van der Waals surface area contributed by atoms with Crippen LogP contribution in [0.25, 0.3) is 0 Å². The molecule has 0 aliphatic carbocycles. The van der Waals surface area contributed by atoms with Gasteiger partial charge in [0.05, 0.1) is 0 Å². The molecule has 0 spiro atoms. The third-order valence-corrected chi connectivity index (χ3v) is 3.97. The summed E-state index contributed by atoms with van der Waals surface area (Å²) in [6.07, 6.45) is 1.09. The smallest absolute Gasteiger partial charge is 0.130 e. The van der Waals surface area contributed by atoms with E-state index in [0.29, 0.717) is 0 Å². The van der Waals surface area contributed by atoms with Gasteiger partial charge in [-0.3, -0.25) is 0 Å². The molecule has 0 aliphatic heterocycles. The van der Waals surface area contributed by atoms with Crippen molar-refractivity contribution in [2.45, 2.75) is 38.0 Å². The second kappa shape index (κ2) is 7.29. The zero-order valence-corrected chi connectivity index (χ0v) is 13.1. The Morgan fingerprint density at radius 2 is 1.95 bits per heavy atom. The van der Waals surface area contributed by atoms with Crippen LogP contribution in [-0.2, 0) is 5.75 Å². The average molecular weight is 287 g/mol. The van der Waals surface area contributed by atoms with Crippen LogP contribution in [0.2, 0.25) is 0 Å². The Bertz CT molecular complexity index is 569. The first-order chi connectivity index (χ1) is 9.69. The highest BCUT2D eigenvalue weighted by Gasteiger charge is 2.04. The lowest BCUT2D eigenvalue weighted by atomic mass is 10.1. The number of aryl methyl sites for hydroxylation is 2. The highest BCUT2D eigenvalue weighted by atomic mass is 32.2. The normalized spacial score (nSPS) is 10.6. The van der Waals surface area contributed by atoms with Crippen LogP contribution < -0.4 is 5.32 Å². The molecule has 2 rings (SSSR count). The Balaban J connectivity index is 2.05. The number of thioether (sulfide) groups is 1. The zero-order chi connectivity index (χ0) is 14.4. The van der Waals surface area contributed by atoms with E-state index in [9.17, 15) is 0 Å².